The zero-order chi connectivity index (χ0) is 19.1. The number of nitrogens with zero attached hydrogens (tertiary/aromatic N) is 2. The van der Waals surface area contributed by atoms with Crippen LogP contribution in [0.15, 0.2) is 53.0 Å². The van der Waals surface area contributed by atoms with E-state index in [1.807, 2.05) is 42.5 Å². The number of carbonyl (C=O) groups excluding carboxylic acids is 1. The van der Waals surface area contributed by atoms with E-state index in [2.05, 4.69) is 22.0 Å². The van der Waals surface area contributed by atoms with Gasteiger partial charge in [0.1, 0.15) is 5.75 Å². The van der Waals surface area contributed by atoms with Gasteiger partial charge in [0, 0.05) is 17.6 Å². The van der Waals surface area contributed by atoms with Crippen molar-refractivity contribution in [3.05, 3.63) is 64.1 Å². The second-order valence-electron chi connectivity index (χ2n) is 6.03. The highest BCUT2D eigenvalue weighted by atomic mass is 79.9. The lowest BCUT2D eigenvalue weighted by molar-refractivity contribution is -0.137. The van der Waals surface area contributed by atoms with Gasteiger partial charge in [-0.15, -0.1) is 0 Å². The van der Waals surface area contributed by atoms with Gasteiger partial charge in [0.2, 0.25) is 0 Å². The van der Waals surface area contributed by atoms with E-state index in [1.165, 1.54) is 0 Å². The quantitative estimate of drug-likeness (QED) is 0.539. The first-order valence-electron chi connectivity index (χ1n) is 8.62. The maximum atomic E-state index is 12.1. The first kappa shape index (κ1) is 19.2. The normalized spacial score (nSPS) is 14.5. The van der Waals surface area contributed by atoms with Crippen molar-refractivity contribution in [3.8, 4) is 11.8 Å². The lowest BCUT2D eigenvalue weighted by atomic mass is 10.0. The number of nitriles is 1. The van der Waals surface area contributed by atoms with Crippen LogP contribution in [0.5, 0.6) is 5.75 Å². The van der Waals surface area contributed by atoms with Crippen molar-refractivity contribution in [3.63, 3.8) is 0 Å². The monoisotopic (exact) mass is 426 g/mol. The Kier molecular flexibility index (Phi) is 6.64. The second-order valence-corrected chi connectivity index (χ2v) is 6.95. The van der Waals surface area contributed by atoms with E-state index >= 15 is 0 Å². The van der Waals surface area contributed by atoms with E-state index in [1.54, 1.807) is 17.0 Å². The van der Waals surface area contributed by atoms with E-state index in [0.29, 0.717) is 37.6 Å². The number of hydrogen-bond donors (Lipinski definition) is 0. The molecule has 0 aromatic heterocycles. The van der Waals surface area contributed by atoms with Gasteiger partial charge < -0.3 is 14.4 Å². The average molecular weight is 427 g/mol. The maximum Gasteiger partial charge on any atom is 0.260 e. The summed E-state index contributed by atoms with van der Waals surface area (Å²) in [5.74, 6) is 0.582. The minimum Gasteiger partial charge on any atom is -0.484 e. The molecule has 1 aliphatic rings. The molecule has 5 nitrogen and oxygen atoms in total. The van der Waals surface area contributed by atoms with Gasteiger partial charge in [0.15, 0.2) is 6.61 Å². The third kappa shape index (κ3) is 5.43. The molecule has 0 saturated carbocycles. The lowest BCUT2D eigenvalue weighted by Crippen LogP contribution is -2.42. The van der Waals surface area contributed by atoms with Crippen molar-refractivity contribution in [2.45, 2.75) is 0 Å². The minimum absolute atomic E-state index is 0.0106. The topological polar surface area (TPSA) is 62.6 Å². The molecule has 0 bridgehead atoms. The highest BCUT2D eigenvalue weighted by Crippen LogP contribution is 2.22. The fourth-order valence-electron chi connectivity index (χ4n) is 2.71. The molecule has 0 N–H and O–H groups in total. The zero-order valence-corrected chi connectivity index (χ0v) is 16.3. The largest absolute Gasteiger partial charge is 0.484 e. The summed E-state index contributed by atoms with van der Waals surface area (Å²) >= 11 is 3.42. The maximum absolute atomic E-state index is 12.1. The van der Waals surface area contributed by atoms with Crippen molar-refractivity contribution >= 4 is 33.5 Å². The Bertz CT molecular complexity index is 866. The Morgan fingerprint density at radius 1 is 1.22 bits per heavy atom. The molecule has 6 heteroatoms. The van der Waals surface area contributed by atoms with E-state index in [4.69, 9.17) is 9.47 Å². The van der Waals surface area contributed by atoms with Crippen molar-refractivity contribution in [1.29, 1.82) is 5.26 Å². The number of morpholine rings is 1. The molecule has 1 amide bonds. The van der Waals surface area contributed by atoms with Crippen LogP contribution in [-0.2, 0) is 9.53 Å². The molecule has 1 aliphatic heterocycles. The molecular formula is C21H19BrN2O3. The van der Waals surface area contributed by atoms with Gasteiger partial charge in [-0.1, -0.05) is 40.2 Å². The lowest BCUT2D eigenvalue weighted by Gasteiger charge is -2.26. The van der Waals surface area contributed by atoms with Crippen LogP contribution in [-0.4, -0.2) is 43.7 Å². The molecule has 138 valence electrons. The summed E-state index contributed by atoms with van der Waals surface area (Å²) in [4.78, 5) is 13.9. The van der Waals surface area contributed by atoms with Gasteiger partial charge in [-0.05, 0) is 41.5 Å². The summed E-state index contributed by atoms with van der Waals surface area (Å²) < 4.78 is 11.7. The molecule has 27 heavy (non-hydrogen) atoms. The predicted octanol–water partition coefficient (Wildman–Crippen LogP) is 3.75. The Labute approximate surface area is 166 Å². The first-order chi connectivity index (χ1) is 13.2. The number of hydrogen-bond acceptors (Lipinski definition) is 4. The highest BCUT2D eigenvalue weighted by molar-refractivity contribution is 9.10. The molecule has 0 radical (unpaired) electrons. The van der Waals surface area contributed by atoms with Crippen molar-refractivity contribution in [1.82, 2.24) is 4.90 Å². The Balaban J connectivity index is 1.62. The number of carbonyl (C=O) groups is 1. The van der Waals surface area contributed by atoms with Crippen LogP contribution >= 0.6 is 15.9 Å². The smallest absolute Gasteiger partial charge is 0.260 e. The average Bonchev–Trinajstić information content (AvgIpc) is 2.71. The molecule has 0 aliphatic carbocycles. The third-order valence-corrected chi connectivity index (χ3v) is 4.67. The van der Waals surface area contributed by atoms with E-state index < -0.39 is 0 Å². The van der Waals surface area contributed by atoms with Gasteiger partial charge >= 0.3 is 0 Å². The predicted molar refractivity (Wildman–Crippen MR) is 107 cm³/mol. The standard InChI is InChI=1S/C21H19BrN2O3/c22-19-3-1-2-17(13-19)18(14-23)12-16-4-6-20(7-5-16)27-15-21(25)24-8-10-26-11-9-24/h1-7,12-13H,8-11,15H2/b18-12-. The second kappa shape index (κ2) is 9.36. The van der Waals surface area contributed by atoms with Gasteiger partial charge in [-0.25, -0.2) is 0 Å². The van der Waals surface area contributed by atoms with Crippen LogP contribution < -0.4 is 4.74 Å². The minimum atomic E-state index is -0.0382. The number of rotatable bonds is 5. The van der Waals surface area contributed by atoms with Crippen LogP contribution in [0.1, 0.15) is 11.1 Å². The Hall–Kier alpha value is -2.62. The van der Waals surface area contributed by atoms with Crippen LogP contribution in [0.2, 0.25) is 0 Å². The zero-order valence-electron chi connectivity index (χ0n) is 14.7. The highest BCUT2D eigenvalue weighted by Gasteiger charge is 2.17. The number of ether oxygens (including phenoxy) is 2. The van der Waals surface area contributed by atoms with Crippen LogP contribution in [0.4, 0.5) is 0 Å². The van der Waals surface area contributed by atoms with Crippen molar-refractivity contribution < 1.29 is 14.3 Å². The summed E-state index contributed by atoms with van der Waals surface area (Å²) in [7, 11) is 0. The number of amides is 1. The first-order valence-corrected chi connectivity index (χ1v) is 9.41. The van der Waals surface area contributed by atoms with Gasteiger partial charge in [-0.2, -0.15) is 5.26 Å². The van der Waals surface area contributed by atoms with Gasteiger partial charge in [0.05, 0.1) is 24.9 Å². The molecule has 1 fully saturated rings. The molecule has 2 aromatic rings. The van der Waals surface area contributed by atoms with E-state index in [9.17, 15) is 10.1 Å². The number of halogens is 1. The number of allylic oxidation sites excluding steroid dienone is 1. The number of benzene rings is 2. The molecule has 2 aromatic carbocycles. The van der Waals surface area contributed by atoms with Crippen LogP contribution in [0, 0.1) is 11.3 Å². The van der Waals surface area contributed by atoms with Crippen LogP contribution in [0.25, 0.3) is 11.6 Å². The van der Waals surface area contributed by atoms with Gasteiger partial charge in [-0.3, -0.25) is 4.79 Å². The van der Waals surface area contributed by atoms with Crippen LogP contribution in [0.3, 0.4) is 0 Å². The van der Waals surface area contributed by atoms with E-state index in [0.717, 1.165) is 15.6 Å². The van der Waals surface area contributed by atoms with Crippen molar-refractivity contribution in [2.24, 2.45) is 0 Å². The molecule has 1 saturated heterocycles. The van der Waals surface area contributed by atoms with Gasteiger partial charge in [0.25, 0.3) is 5.91 Å². The molecular weight excluding hydrogens is 408 g/mol. The summed E-state index contributed by atoms with van der Waals surface area (Å²) in [6.07, 6.45) is 1.82. The Morgan fingerprint density at radius 3 is 2.63 bits per heavy atom. The molecule has 3 rings (SSSR count). The molecule has 0 atom stereocenters. The molecule has 0 unspecified atom stereocenters. The van der Waals surface area contributed by atoms with Crippen molar-refractivity contribution in [2.75, 3.05) is 32.9 Å². The fourth-order valence-corrected chi connectivity index (χ4v) is 3.11. The summed E-state index contributed by atoms with van der Waals surface area (Å²) in [5.41, 5.74) is 2.31. The fraction of sp³-hybridized carbons (Fsp3) is 0.238. The summed E-state index contributed by atoms with van der Waals surface area (Å²) in [6.45, 7) is 2.38. The molecule has 1 heterocycles. The summed E-state index contributed by atoms with van der Waals surface area (Å²) in [6, 6.07) is 17.2. The summed E-state index contributed by atoms with van der Waals surface area (Å²) in [5, 5.41) is 9.45. The SMILES string of the molecule is N#C/C(=C/c1ccc(OCC(=O)N2CCOCC2)cc1)c1cccc(Br)c1. The Morgan fingerprint density at radius 2 is 1.96 bits per heavy atom. The van der Waals surface area contributed by atoms with E-state index in [-0.39, 0.29) is 12.5 Å². The third-order valence-electron chi connectivity index (χ3n) is 4.17. The molecule has 0 spiro atoms.